The van der Waals surface area contributed by atoms with E-state index in [0.717, 1.165) is 9.53 Å². The fourth-order valence-electron chi connectivity index (χ4n) is 1.65. The molecule has 0 aliphatic carbocycles. The molecule has 2 rings (SSSR count). The quantitative estimate of drug-likeness (QED) is 0.783. The molecule has 1 aromatic carbocycles. The summed E-state index contributed by atoms with van der Waals surface area (Å²) >= 11 is 2.08. The Morgan fingerprint density at radius 3 is 2.63 bits per heavy atom. The van der Waals surface area contributed by atoms with Gasteiger partial charge >= 0.3 is 0 Å². The molecule has 0 atom stereocenters. The number of nitrogens with one attached hydrogen (secondary N) is 1. The minimum absolute atomic E-state index is 0.131. The molecule has 0 saturated heterocycles. The van der Waals surface area contributed by atoms with Gasteiger partial charge in [-0.1, -0.05) is 6.07 Å². The highest BCUT2D eigenvalue weighted by Crippen LogP contribution is 2.20. The number of hydrogen-bond donors (Lipinski definition) is 2. The lowest BCUT2D eigenvalue weighted by Crippen LogP contribution is -2.14. The summed E-state index contributed by atoms with van der Waals surface area (Å²) in [4.78, 5) is 0.131. The van der Waals surface area contributed by atoms with Crippen molar-refractivity contribution < 1.29 is 12.8 Å². The molecule has 3 N–H and O–H groups in total. The molecule has 0 fully saturated rings. The van der Waals surface area contributed by atoms with E-state index >= 15 is 0 Å². The van der Waals surface area contributed by atoms with Crippen LogP contribution in [-0.4, -0.2) is 8.42 Å². The van der Waals surface area contributed by atoms with Crippen LogP contribution in [-0.2, 0) is 16.6 Å². The first-order valence-corrected chi connectivity index (χ1v) is 8.10. The number of aryl methyl sites for hydroxylation is 1. The van der Waals surface area contributed by atoms with Crippen LogP contribution in [0.1, 0.15) is 11.3 Å². The first kappa shape index (κ1) is 14.4. The number of rotatable bonds is 4. The van der Waals surface area contributed by atoms with Crippen LogP contribution in [0.15, 0.2) is 39.6 Å². The van der Waals surface area contributed by atoms with E-state index < -0.39 is 10.0 Å². The number of nitrogens with two attached hydrogens (primary N) is 1. The van der Waals surface area contributed by atoms with Gasteiger partial charge in [-0.05, 0) is 59.3 Å². The SMILES string of the molecule is Cc1ccc(NCc2ccc(I)o2)cc1S(N)(=O)=O. The molecular formula is C12H13IN2O3S. The molecule has 0 aliphatic rings. The lowest BCUT2D eigenvalue weighted by atomic mass is 10.2. The summed E-state index contributed by atoms with van der Waals surface area (Å²) in [5.74, 6) is 0.780. The Morgan fingerprint density at radius 1 is 1.32 bits per heavy atom. The van der Waals surface area contributed by atoms with Crippen LogP contribution in [0.2, 0.25) is 0 Å². The number of halogens is 1. The number of furan rings is 1. The van der Waals surface area contributed by atoms with Gasteiger partial charge in [0.2, 0.25) is 10.0 Å². The van der Waals surface area contributed by atoms with E-state index in [1.165, 1.54) is 6.07 Å². The van der Waals surface area contributed by atoms with Gasteiger partial charge in [-0.3, -0.25) is 0 Å². The third-order valence-electron chi connectivity index (χ3n) is 2.59. The second-order valence-electron chi connectivity index (χ2n) is 4.08. The van der Waals surface area contributed by atoms with Crippen LogP contribution < -0.4 is 10.5 Å². The molecule has 2 aromatic rings. The van der Waals surface area contributed by atoms with Gasteiger partial charge < -0.3 is 9.73 Å². The molecule has 7 heteroatoms. The summed E-state index contributed by atoms with van der Waals surface area (Å²) in [5, 5.41) is 8.26. The zero-order valence-corrected chi connectivity index (χ0v) is 13.2. The molecule has 0 radical (unpaired) electrons. The number of sulfonamides is 1. The predicted molar refractivity (Wildman–Crippen MR) is 81.3 cm³/mol. The average Bonchev–Trinajstić information content (AvgIpc) is 2.72. The zero-order chi connectivity index (χ0) is 14.0. The van der Waals surface area contributed by atoms with Crippen molar-refractivity contribution in [2.75, 3.05) is 5.32 Å². The third-order valence-corrected chi connectivity index (χ3v) is 4.22. The highest BCUT2D eigenvalue weighted by atomic mass is 127. The van der Waals surface area contributed by atoms with Crippen LogP contribution in [0.5, 0.6) is 0 Å². The summed E-state index contributed by atoms with van der Waals surface area (Å²) in [7, 11) is -3.70. The average molecular weight is 392 g/mol. The summed E-state index contributed by atoms with van der Waals surface area (Å²) in [6.45, 7) is 2.19. The van der Waals surface area contributed by atoms with Crippen LogP contribution in [0.25, 0.3) is 0 Å². The molecule has 0 bridgehead atoms. The van der Waals surface area contributed by atoms with Gasteiger partial charge in [0.05, 0.1) is 11.4 Å². The van der Waals surface area contributed by atoms with Gasteiger partial charge in [0.25, 0.3) is 0 Å². The van der Waals surface area contributed by atoms with Crippen molar-refractivity contribution in [1.82, 2.24) is 0 Å². The Labute approximate surface area is 125 Å². The Balaban J connectivity index is 2.18. The molecule has 0 unspecified atom stereocenters. The van der Waals surface area contributed by atoms with Gasteiger partial charge in [0.1, 0.15) is 5.76 Å². The predicted octanol–water partition coefficient (Wildman–Crippen LogP) is 2.45. The highest BCUT2D eigenvalue weighted by Gasteiger charge is 2.12. The third kappa shape index (κ3) is 3.71. The van der Waals surface area contributed by atoms with Crippen LogP contribution in [0.3, 0.4) is 0 Å². The number of benzene rings is 1. The Bertz CT molecular complexity index is 695. The maximum Gasteiger partial charge on any atom is 0.238 e. The topological polar surface area (TPSA) is 85.3 Å². The van der Waals surface area contributed by atoms with Crippen molar-refractivity contribution in [3.63, 3.8) is 0 Å². The van der Waals surface area contributed by atoms with Crippen molar-refractivity contribution >= 4 is 38.3 Å². The lowest BCUT2D eigenvalue weighted by molar-refractivity contribution is 0.493. The first-order valence-electron chi connectivity index (χ1n) is 5.48. The molecule has 0 amide bonds. The van der Waals surface area contributed by atoms with Gasteiger partial charge in [-0.15, -0.1) is 0 Å². The number of primary sulfonamides is 1. The Kier molecular flexibility index (Phi) is 4.16. The van der Waals surface area contributed by atoms with E-state index in [2.05, 4.69) is 27.9 Å². The molecule has 0 saturated carbocycles. The van der Waals surface area contributed by atoms with Crippen molar-refractivity contribution in [3.8, 4) is 0 Å². The zero-order valence-electron chi connectivity index (χ0n) is 10.2. The minimum Gasteiger partial charge on any atom is -0.454 e. The van der Waals surface area contributed by atoms with Crippen molar-refractivity contribution in [2.45, 2.75) is 18.4 Å². The largest absolute Gasteiger partial charge is 0.454 e. The second kappa shape index (κ2) is 5.51. The first-order chi connectivity index (χ1) is 8.86. The van der Waals surface area contributed by atoms with Gasteiger partial charge in [-0.25, -0.2) is 13.6 Å². The maximum absolute atomic E-state index is 11.4. The van der Waals surface area contributed by atoms with E-state index in [0.29, 0.717) is 17.8 Å². The maximum atomic E-state index is 11.4. The highest BCUT2D eigenvalue weighted by molar-refractivity contribution is 14.1. The monoisotopic (exact) mass is 392 g/mol. The molecule has 0 aliphatic heterocycles. The van der Waals surface area contributed by atoms with Crippen LogP contribution in [0, 0.1) is 10.7 Å². The summed E-state index contributed by atoms with van der Waals surface area (Å²) in [5.41, 5.74) is 1.31. The molecule has 102 valence electrons. The molecule has 19 heavy (non-hydrogen) atoms. The second-order valence-corrected chi connectivity index (χ2v) is 6.68. The van der Waals surface area contributed by atoms with Crippen LogP contribution in [0.4, 0.5) is 5.69 Å². The Morgan fingerprint density at radius 2 is 2.05 bits per heavy atom. The van der Waals surface area contributed by atoms with Crippen molar-refractivity contribution in [1.29, 1.82) is 0 Å². The molecule has 1 heterocycles. The van der Waals surface area contributed by atoms with Gasteiger partial charge in [0.15, 0.2) is 3.77 Å². The smallest absolute Gasteiger partial charge is 0.238 e. The van der Waals surface area contributed by atoms with Crippen LogP contribution >= 0.6 is 22.6 Å². The van der Waals surface area contributed by atoms with E-state index in [4.69, 9.17) is 9.56 Å². The normalized spacial score (nSPS) is 11.5. The minimum atomic E-state index is -3.70. The standard InChI is InChI=1S/C12H13IN2O3S/c1-8-2-3-9(6-11(8)19(14,16)17)15-7-10-4-5-12(13)18-10/h2-6,15H,7H2,1H3,(H2,14,16,17). The van der Waals surface area contributed by atoms with Gasteiger partial charge in [-0.2, -0.15) is 0 Å². The molecular weight excluding hydrogens is 379 g/mol. The fraction of sp³-hybridized carbons (Fsp3) is 0.167. The fourth-order valence-corrected chi connectivity index (χ4v) is 2.92. The van der Waals surface area contributed by atoms with E-state index in [-0.39, 0.29) is 4.90 Å². The number of hydrogen-bond acceptors (Lipinski definition) is 4. The molecule has 1 aromatic heterocycles. The van der Waals surface area contributed by atoms with E-state index in [1.54, 1.807) is 19.1 Å². The van der Waals surface area contributed by atoms with E-state index in [1.807, 2.05) is 12.1 Å². The Hall–Kier alpha value is -1.06. The van der Waals surface area contributed by atoms with Crippen molar-refractivity contribution in [2.24, 2.45) is 5.14 Å². The summed E-state index contributed by atoms with van der Waals surface area (Å²) in [6.07, 6.45) is 0. The molecule has 5 nitrogen and oxygen atoms in total. The number of anilines is 1. The lowest BCUT2D eigenvalue weighted by Gasteiger charge is -2.08. The van der Waals surface area contributed by atoms with Crippen molar-refractivity contribution in [3.05, 3.63) is 45.4 Å². The summed E-state index contributed by atoms with van der Waals surface area (Å²) < 4.78 is 29.0. The summed E-state index contributed by atoms with van der Waals surface area (Å²) in [6, 6.07) is 8.77. The van der Waals surface area contributed by atoms with Gasteiger partial charge in [0, 0.05) is 5.69 Å². The van der Waals surface area contributed by atoms with E-state index in [9.17, 15) is 8.42 Å². The molecule has 0 spiro atoms.